The van der Waals surface area contributed by atoms with E-state index in [1.54, 1.807) is 0 Å². The second-order valence-electron chi connectivity index (χ2n) is 7.02. The molecule has 0 saturated heterocycles. The fourth-order valence-electron chi connectivity index (χ4n) is 2.34. The first kappa shape index (κ1) is 19.9. The number of ether oxygens (including phenoxy) is 1. The molecule has 0 radical (unpaired) electrons. The zero-order valence-corrected chi connectivity index (χ0v) is 14.8. The van der Waals surface area contributed by atoms with Gasteiger partial charge in [-0.3, -0.25) is 5.32 Å². The molecule has 0 aliphatic heterocycles. The maximum atomic E-state index is 5.99. The van der Waals surface area contributed by atoms with Crippen molar-refractivity contribution in [2.75, 3.05) is 6.61 Å². The molecule has 0 aliphatic carbocycles. The number of rotatable bonds is 13. The fraction of sp³-hybridized carbons (Fsp3) is 1.00. The molecule has 0 aliphatic rings. The zero-order chi connectivity index (χ0) is 15.3. The third-order valence-corrected chi connectivity index (χ3v) is 3.48. The number of hydrogen-bond donors (Lipinski definition) is 1. The molecular weight excluding hydrogens is 246 g/mol. The van der Waals surface area contributed by atoms with Gasteiger partial charge in [-0.1, -0.05) is 58.8 Å². The van der Waals surface area contributed by atoms with Crippen LogP contribution in [0.4, 0.5) is 0 Å². The van der Waals surface area contributed by atoms with Crippen LogP contribution in [-0.2, 0) is 4.74 Å². The smallest absolute Gasteiger partial charge is 0.108 e. The summed E-state index contributed by atoms with van der Waals surface area (Å²) in [5, 5.41) is 3.60. The molecule has 0 fully saturated rings. The minimum Gasteiger partial charge on any atom is -0.363 e. The van der Waals surface area contributed by atoms with Crippen LogP contribution in [0.15, 0.2) is 0 Å². The maximum Gasteiger partial charge on any atom is 0.108 e. The number of unbranched alkanes of at least 4 members (excludes halogenated alkanes) is 7. The molecule has 0 bridgehead atoms. The molecule has 0 aromatic rings. The van der Waals surface area contributed by atoms with E-state index in [-0.39, 0.29) is 11.8 Å². The molecule has 0 rings (SSSR count). The summed E-state index contributed by atoms with van der Waals surface area (Å²) in [4.78, 5) is 0. The molecule has 0 aromatic heterocycles. The summed E-state index contributed by atoms with van der Waals surface area (Å²) in [6.45, 7) is 12.0. The van der Waals surface area contributed by atoms with E-state index < -0.39 is 0 Å². The predicted octanol–water partition coefficient (Wildman–Crippen LogP) is 5.66. The van der Waals surface area contributed by atoms with E-state index in [4.69, 9.17) is 4.74 Å². The maximum absolute atomic E-state index is 5.99. The summed E-state index contributed by atoms with van der Waals surface area (Å²) in [7, 11) is 0. The lowest BCUT2D eigenvalue weighted by Crippen LogP contribution is -2.45. The van der Waals surface area contributed by atoms with Crippen molar-refractivity contribution in [3.05, 3.63) is 0 Å². The SMILES string of the molecule is CCCCCCCCCC(NC(C)(C)C)OCCCC. The Labute approximate surface area is 128 Å². The van der Waals surface area contributed by atoms with Crippen molar-refractivity contribution in [2.45, 2.75) is 111 Å². The van der Waals surface area contributed by atoms with Crippen molar-refractivity contribution in [3.8, 4) is 0 Å². The van der Waals surface area contributed by atoms with Crippen LogP contribution in [0.2, 0.25) is 0 Å². The van der Waals surface area contributed by atoms with Gasteiger partial charge in [0.05, 0.1) is 0 Å². The topological polar surface area (TPSA) is 21.3 Å². The zero-order valence-electron chi connectivity index (χ0n) is 14.8. The number of hydrogen-bond acceptors (Lipinski definition) is 2. The average Bonchev–Trinajstić information content (AvgIpc) is 2.36. The van der Waals surface area contributed by atoms with E-state index in [1.165, 1.54) is 57.8 Å². The van der Waals surface area contributed by atoms with Crippen LogP contribution in [0.1, 0.15) is 98.8 Å². The first-order valence-corrected chi connectivity index (χ1v) is 8.89. The molecule has 1 N–H and O–H groups in total. The Hall–Kier alpha value is -0.0800. The van der Waals surface area contributed by atoms with Crippen molar-refractivity contribution in [1.29, 1.82) is 0 Å². The Morgan fingerprint density at radius 2 is 1.35 bits per heavy atom. The highest BCUT2D eigenvalue weighted by atomic mass is 16.5. The molecule has 0 amide bonds. The minimum atomic E-state index is 0.137. The summed E-state index contributed by atoms with van der Waals surface area (Å²) in [5.74, 6) is 0. The van der Waals surface area contributed by atoms with Gasteiger partial charge in [0.2, 0.25) is 0 Å². The summed E-state index contributed by atoms with van der Waals surface area (Å²) in [6.07, 6.45) is 13.3. The standard InChI is InChI=1S/C18H39NO/c1-6-8-10-11-12-13-14-15-17(19-18(3,4)5)20-16-9-7-2/h17,19H,6-16H2,1-5H3. The highest BCUT2D eigenvalue weighted by Crippen LogP contribution is 2.13. The van der Waals surface area contributed by atoms with E-state index in [1.807, 2.05) is 0 Å². The van der Waals surface area contributed by atoms with Crippen LogP contribution in [0.3, 0.4) is 0 Å². The molecular formula is C18H39NO. The van der Waals surface area contributed by atoms with E-state index in [2.05, 4.69) is 39.9 Å². The van der Waals surface area contributed by atoms with Gasteiger partial charge in [-0.2, -0.15) is 0 Å². The van der Waals surface area contributed by atoms with Crippen LogP contribution in [0.5, 0.6) is 0 Å². The first-order chi connectivity index (χ1) is 9.49. The Morgan fingerprint density at radius 1 is 0.800 bits per heavy atom. The van der Waals surface area contributed by atoms with Gasteiger partial charge in [0.25, 0.3) is 0 Å². The summed E-state index contributed by atoms with van der Waals surface area (Å²) < 4.78 is 5.99. The van der Waals surface area contributed by atoms with Crippen molar-refractivity contribution in [2.24, 2.45) is 0 Å². The largest absolute Gasteiger partial charge is 0.363 e. The van der Waals surface area contributed by atoms with Crippen molar-refractivity contribution in [3.63, 3.8) is 0 Å². The van der Waals surface area contributed by atoms with Gasteiger partial charge >= 0.3 is 0 Å². The molecule has 122 valence electrons. The van der Waals surface area contributed by atoms with Gasteiger partial charge < -0.3 is 4.74 Å². The Morgan fingerprint density at radius 3 is 1.90 bits per heavy atom. The van der Waals surface area contributed by atoms with Gasteiger partial charge in [-0.05, 0) is 40.0 Å². The molecule has 20 heavy (non-hydrogen) atoms. The monoisotopic (exact) mass is 285 g/mol. The van der Waals surface area contributed by atoms with Crippen LogP contribution in [0, 0.1) is 0 Å². The molecule has 1 unspecified atom stereocenters. The predicted molar refractivity (Wildman–Crippen MR) is 90.1 cm³/mol. The highest BCUT2D eigenvalue weighted by Gasteiger charge is 2.17. The minimum absolute atomic E-state index is 0.137. The van der Waals surface area contributed by atoms with E-state index in [0.29, 0.717) is 0 Å². The molecule has 0 saturated carbocycles. The van der Waals surface area contributed by atoms with Crippen molar-refractivity contribution in [1.82, 2.24) is 5.32 Å². The van der Waals surface area contributed by atoms with Crippen LogP contribution >= 0.6 is 0 Å². The van der Waals surface area contributed by atoms with E-state index >= 15 is 0 Å². The van der Waals surface area contributed by atoms with Gasteiger partial charge in [0.15, 0.2) is 0 Å². The van der Waals surface area contributed by atoms with Crippen molar-refractivity contribution < 1.29 is 4.74 Å². The van der Waals surface area contributed by atoms with E-state index in [9.17, 15) is 0 Å². The fourth-order valence-corrected chi connectivity index (χ4v) is 2.34. The van der Waals surface area contributed by atoms with Crippen LogP contribution < -0.4 is 5.32 Å². The average molecular weight is 286 g/mol. The highest BCUT2D eigenvalue weighted by molar-refractivity contribution is 4.73. The quantitative estimate of drug-likeness (QED) is 0.348. The lowest BCUT2D eigenvalue weighted by molar-refractivity contribution is 0.00464. The third kappa shape index (κ3) is 14.3. The molecule has 0 heterocycles. The van der Waals surface area contributed by atoms with Gasteiger partial charge in [0.1, 0.15) is 6.23 Å². The van der Waals surface area contributed by atoms with Crippen molar-refractivity contribution >= 4 is 0 Å². The van der Waals surface area contributed by atoms with Gasteiger partial charge in [-0.15, -0.1) is 0 Å². The second kappa shape index (κ2) is 12.6. The van der Waals surface area contributed by atoms with Gasteiger partial charge in [0, 0.05) is 12.1 Å². The lowest BCUT2D eigenvalue weighted by Gasteiger charge is -2.28. The Bertz CT molecular complexity index is 198. The summed E-state index contributed by atoms with van der Waals surface area (Å²) in [5.41, 5.74) is 0.137. The first-order valence-electron chi connectivity index (χ1n) is 8.89. The second-order valence-corrected chi connectivity index (χ2v) is 7.02. The van der Waals surface area contributed by atoms with E-state index in [0.717, 1.165) is 13.0 Å². The number of nitrogens with one attached hydrogen (secondary N) is 1. The van der Waals surface area contributed by atoms with Crippen LogP contribution in [-0.4, -0.2) is 18.4 Å². The molecule has 2 heteroatoms. The lowest BCUT2D eigenvalue weighted by atomic mass is 10.1. The Balaban J connectivity index is 3.73. The normalized spacial score (nSPS) is 13.7. The van der Waals surface area contributed by atoms with Crippen LogP contribution in [0.25, 0.3) is 0 Å². The molecule has 1 atom stereocenters. The summed E-state index contributed by atoms with van der Waals surface area (Å²) >= 11 is 0. The van der Waals surface area contributed by atoms with Gasteiger partial charge in [-0.25, -0.2) is 0 Å². The summed E-state index contributed by atoms with van der Waals surface area (Å²) in [6, 6.07) is 0. The molecule has 0 aromatic carbocycles. The molecule has 2 nitrogen and oxygen atoms in total. The third-order valence-electron chi connectivity index (χ3n) is 3.48. The Kier molecular flexibility index (Phi) is 12.6. The molecule has 0 spiro atoms.